The maximum Gasteiger partial charge on any atom is 0.416 e. The van der Waals surface area contributed by atoms with Crippen molar-refractivity contribution in [1.82, 2.24) is 24.8 Å². The van der Waals surface area contributed by atoms with E-state index in [0.29, 0.717) is 59.7 Å². The summed E-state index contributed by atoms with van der Waals surface area (Å²) in [4.78, 5) is 33.0. The normalized spacial score (nSPS) is 17.2. The predicted octanol–water partition coefficient (Wildman–Crippen LogP) is 5.79. The minimum atomic E-state index is -4.54. The lowest BCUT2D eigenvalue weighted by molar-refractivity contribution is -0.137. The number of benzene rings is 2. The zero-order valence-corrected chi connectivity index (χ0v) is 24.2. The van der Waals surface area contributed by atoms with Gasteiger partial charge in [0.05, 0.1) is 18.4 Å². The number of fused-ring (bicyclic) bond motifs is 1. The van der Waals surface area contributed by atoms with E-state index in [4.69, 9.17) is 4.74 Å². The van der Waals surface area contributed by atoms with Crippen LogP contribution in [0.3, 0.4) is 0 Å². The molecule has 230 valence electrons. The first-order valence-corrected chi connectivity index (χ1v) is 14.6. The molecule has 1 amide bonds. The first-order chi connectivity index (χ1) is 21.2. The molecule has 1 atom stereocenters. The van der Waals surface area contributed by atoms with Crippen molar-refractivity contribution in [3.63, 3.8) is 0 Å². The zero-order valence-electron chi connectivity index (χ0n) is 24.2. The Hall–Kier alpha value is -4.36. The van der Waals surface area contributed by atoms with Crippen molar-refractivity contribution < 1.29 is 22.7 Å². The van der Waals surface area contributed by atoms with Crippen LogP contribution in [0.1, 0.15) is 46.3 Å². The van der Waals surface area contributed by atoms with E-state index in [1.54, 1.807) is 30.5 Å². The second kappa shape index (κ2) is 12.7. The Bertz CT molecular complexity index is 1650. The van der Waals surface area contributed by atoms with Gasteiger partial charge in [0.1, 0.15) is 17.4 Å². The van der Waals surface area contributed by atoms with Gasteiger partial charge in [-0.1, -0.05) is 6.07 Å². The number of rotatable bonds is 9. The van der Waals surface area contributed by atoms with Gasteiger partial charge in [-0.3, -0.25) is 9.69 Å². The van der Waals surface area contributed by atoms with Crippen LogP contribution in [0, 0.1) is 12.8 Å². The Labute approximate surface area is 252 Å². The minimum Gasteiger partial charge on any atom is -0.381 e. The molecule has 0 spiro atoms. The van der Waals surface area contributed by atoms with Crippen LogP contribution >= 0.6 is 0 Å². The average molecular weight is 607 g/mol. The fourth-order valence-corrected chi connectivity index (χ4v) is 5.46. The van der Waals surface area contributed by atoms with E-state index in [9.17, 15) is 18.0 Å². The first kappa shape index (κ1) is 29.7. The van der Waals surface area contributed by atoms with Crippen molar-refractivity contribution in [2.75, 3.05) is 48.8 Å². The Balaban J connectivity index is 1.22. The monoisotopic (exact) mass is 606 g/mol. The fraction of sp³-hybridized carbons (Fsp3) is 0.387. The van der Waals surface area contributed by atoms with E-state index in [-0.39, 0.29) is 11.3 Å². The van der Waals surface area contributed by atoms with Crippen LogP contribution in [-0.4, -0.2) is 63.6 Å². The average Bonchev–Trinajstić information content (AvgIpc) is 3.72. The third-order valence-electron chi connectivity index (χ3n) is 7.89. The molecular formula is C31H33F3N8O2. The molecule has 2 aromatic heterocycles. The lowest BCUT2D eigenvalue weighted by Gasteiger charge is -2.18. The number of aromatic nitrogens is 4. The van der Waals surface area contributed by atoms with Gasteiger partial charge < -0.3 is 20.7 Å². The van der Waals surface area contributed by atoms with E-state index in [2.05, 4.69) is 40.8 Å². The number of halogens is 3. The van der Waals surface area contributed by atoms with E-state index in [1.807, 2.05) is 6.92 Å². The van der Waals surface area contributed by atoms with Crippen molar-refractivity contribution in [2.24, 2.45) is 5.92 Å². The van der Waals surface area contributed by atoms with Gasteiger partial charge in [0, 0.05) is 42.6 Å². The molecule has 6 rings (SSSR count). The summed E-state index contributed by atoms with van der Waals surface area (Å²) in [6.45, 7) is 6.10. The van der Waals surface area contributed by atoms with Gasteiger partial charge in [0.15, 0.2) is 5.82 Å². The molecule has 13 heteroatoms. The molecular weight excluding hydrogens is 573 g/mol. The predicted molar refractivity (Wildman–Crippen MR) is 161 cm³/mol. The molecule has 4 aromatic rings. The van der Waals surface area contributed by atoms with Crippen LogP contribution in [0.2, 0.25) is 0 Å². The van der Waals surface area contributed by atoms with Gasteiger partial charge in [0.2, 0.25) is 5.95 Å². The summed E-state index contributed by atoms with van der Waals surface area (Å²) >= 11 is 0. The summed E-state index contributed by atoms with van der Waals surface area (Å²) in [6, 6.07) is 8.76. The van der Waals surface area contributed by atoms with E-state index in [1.165, 1.54) is 6.33 Å². The van der Waals surface area contributed by atoms with Crippen LogP contribution in [-0.2, 0) is 17.5 Å². The number of hydrogen-bond donors (Lipinski definition) is 3. The molecule has 0 aliphatic carbocycles. The number of carbonyl (C=O) groups excluding carboxylic acids is 1. The number of alkyl halides is 3. The van der Waals surface area contributed by atoms with Crippen molar-refractivity contribution in [1.29, 1.82) is 0 Å². The number of nitrogens with one attached hydrogen (secondary N) is 3. The Morgan fingerprint density at radius 2 is 1.93 bits per heavy atom. The molecule has 2 aliphatic rings. The highest BCUT2D eigenvalue weighted by atomic mass is 19.4. The zero-order chi connectivity index (χ0) is 30.7. The van der Waals surface area contributed by atoms with Crippen molar-refractivity contribution in [3.8, 4) is 0 Å². The Morgan fingerprint density at radius 1 is 1.09 bits per heavy atom. The van der Waals surface area contributed by atoms with Gasteiger partial charge in [-0.25, -0.2) is 19.9 Å². The minimum absolute atomic E-state index is 0.0943. The molecule has 44 heavy (non-hydrogen) atoms. The first-order valence-electron chi connectivity index (χ1n) is 14.6. The van der Waals surface area contributed by atoms with Crippen LogP contribution < -0.4 is 16.0 Å². The lowest BCUT2D eigenvalue weighted by atomic mass is 10.1. The van der Waals surface area contributed by atoms with Gasteiger partial charge in [-0.2, -0.15) is 13.2 Å². The summed E-state index contributed by atoms with van der Waals surface area (Å²) in [7, 11) is 0. The van der Waals surface area contributed by atoms with Gasteiger partial charge in [-0.05, 0) is 80.7 Å². The lowest BCUT2D eigenvalue weighted by Crippen LogP contribution is -2.19. The van der Waals surface area contributed by atoms with Crippen LogP contribution in [0.5, 0.6) is 0 Å². The number of nitrogens with zero attached hydrogens (tertiary/aromatic N) is 5. The highest BCUT2D eigenvalue weighted by Crippen LogP contribution is 2.33. The number of amides is 1. The number of anilines is 4. The standard InChI is InChI=1S/C31H33F3N8O2/c1-19-4-5-22(29(43)39-24-11-21(16-42-7-2-3-8-42)10-23(13-24)31(32,33)34)12-25(19)40-28-27-26(37-18-38-28)15-36-30(41-27)35-14-20-6-9-44-17-20/h4-5,10-13,15,18,20H,2-3,6-9,14,16-17H2,1H3,(H,39,43)(H,35,36,41)(H,37,38,40). The number of aryl methyl sites for hydroxylation is 1. The van der Waals surface area contributed by atoms with E-state index < -0.39 is 17.6 Å². The van der Waals surface area contributed by atoms with Gasteiger partial charge in [0.25, 0.3) is 5.91 Å². The third-order valence-corrected chi connectivity index (χ3v) is 7.89. The van der Waals surface area contributed by atoms with Crippen LogP contribution in [0.15, 0.2) is 48.9 Å². The van der Waals surface area contributed by atoms with Gasteiger partial charge in [-0.15, -0.1) is 0 Å². The molecule has 0 bridgehead atoms. The van der Waals surface area contributed by atoms with Crippen LogP contribution in [0.4, 0.5) is 36.3 Å². The smallest absolute Gasteiger partial charge is 0.381 e. The molecule has 10 nitrogen and oxygen atoms in total. The fourth-order valence-electron chi connectivity index (χ4n) is 5.46. The van der Waals surface area contributed by atoms with Crippen molar-refractivity contribution in [2.45, 2.75) is 38.9 Å². The highest BCUT2D eigenvalue weighted by Gasteiger charge is 2.31. The van der Waals surface area contributed by atoms with E-state index >= 15 is 0 Å². The largest absolute Gasteiger partial charge is 0.416 e. The molecule has 2 saturated heterocycles. The molecule has 3 N–H and O–H groups in total. The van der Waals surface area contributed by atoms with Crippen LogP contribution in [0.25, 0.3) is 11.0 Å². The molecule has 2 aromatic carbocycles. The van der Waals surface area contributed by atoms with E-state index in [0.717, 1.165) is 56.7 Å². The Morgan fingerprint density at radius 3 is 2.70 bits per heavy atom. The number of likely N-dealkylation sites (tertiary alicyclic amines) is 1. The second-order valence-corrected chi connectivity index (χ2v) is 11.3. The molecule has 2 fully saturated rings. The summed E-state index contributed by atoms with van der Waals surface area (Å²) in [5, 5.41) is 9.18. The van der Waals surface area contributed by atoms with Crippen molar-refractivity contribution >= 4 is 40.1 Å². The summed E-state index contributed by atoms with van der Waals surface area (Å²) in [6.07, 6.45) is 1.51. The summed E-state index contributed by atoms with van der Waals surface area (Å²) in [5.74, 6) is 0.729. The highest BCUT2D eigenvalue weighted by molar-refractivity contribution is 6.05. The number of ether oxygens (including phenoxy) is 1. The molecule has 0 radical (unpaired) electrons. The maximum atomic E-state index is 13.7. The SMILES string of the molecule is Cc1ccc(C(=O)Nc2cc(CN3CCCC3)cc(C(F)(F)F)c2)cc1Nc1ncnc2cnc(NCC3CCOC3)nc12. The quantitative estimate of drug-likeness (QED) is 0.218. The third kappa shape index (κ3) is 7.05. The van der Waals surface area contributed by atoms with Crippen molar-refractivity contribution in [3.05, 3.63) is 71.2 Å². The number of hydrogen-bond acceptors (Lipinski definition) is 9. The molecule has 2 aliphatic heterocycles. The topological polar surface area (TPSA) is 117 Å². The second-order valence-electron chi connectivity index (χ2n) is 11.3. The molecule has 1 unspecified atom stereocenters. The molecule has 4 heterocycles. The maximum absolute atomic E-state index is 13.7. The summed E-state index contributed by atoms with van der Waals surface area (Å²) < 4.78 is 46.6. The number of carbonyl (C=O) groups is 1. The summed E-state index contributed by atoms with van der Waals surface area (Å²) in [5.41, 5.74) is 2.53. The Kier molecular flexibility index (Phi) is 8.58. The molecule has 0 saturated carbocycles. The van der Waals surface area contributed by atoms with Gasteiger partial charge >= 0.3 is 6.18 Å².